The number of aryl methyl sites for hydroxylation is 1. The van der Waals surface area contributed by atoms with Crippen LogP contribution in [0.25, 0.3) is 11.0 Å². The highest BCUT2D eigenvalue weighted by Gasteiger charge is 2.16. The number of nitrogens with two attached hydrogens (primary N) is 1. The van der Waals surface area contributed by atoms with Gasteiger partial charge in [0.25, 0.3) is 0 Å². The molecule has 0 aliphatic heterocycles. The summed E-state index contributed by atoms with van der Waals surface area (Å²) in [6, 6.07) is 0.145. The highest BCUT2D eigenvalue weighted by Crippen LogP contribution is 2.20. The Morgan fingerprint density at radius 3 is 2.80 bits per heavy atom. The van der Waals surface area contributed by atoms with E-state index in [0.29, 0.717) is 28.6 Å². The highest BCUT2D eigenvalue weighted by atomic mass is 35.5. The van der Waals surface area contributed by atoms with Crippen molar-refractivity contribution in [1.82, 2.24) is 24.6 Å². The van der Waals surface area contributed by atoms with Crippen LogP contribution in [0.15, 0.2) is 6.20 Å². The maximum Gasteiger partial charge on any atom is 0.231 e. The molecule has 2 rings (SSSR count). The molecular weight excluding hydrogens is 280 g/mol. The summed E-state index contributed by atoms with van der Waals surface area (Å²) in [6.07, 6.45) is 1.63. The van der Waals surface area contributed by atoms with E-state index in [4.69, 9.17) is 17.3 Å². The Balaban J connectivity index is 2.32. The summed E-state index contributed by atoms with van der Waals surface area (Å²) in [5.41, 5.74) is 5.92. The van der Waals surface area contributed by atoms with Gasteiger partial charge >= 0.3 is 0 Å². The maximum atomic E-state index is 11.1. The summed E-state index contributed by atoms with van der Waals surface area (Å²) in [7, 11) is 1.79. The third kappa shape index (κ3) is 3.05. The molecule has 0 spiro atoms. The Hall–Kier alpha value is -1.73. The first-order valence-electron chi connectivity index (χ1n) is 6.25. The second-order valence-corrected chi connectivity index (χ2v) is 5.26. The lowest BCUT2D eigenvalue weighted by Crippen LogP contribution is -2.38. The van der Waals surface area contributed by atoms with Gasteiger partial charge < -0.3 is 5.73 Å². The molecule has 0 aromatic carbocycles. The fourth-order valence-electron chi connectivity index (χ4n) is 1.90. The molecule has 1 amide bonds. The van der Waals surface area contributed by atoms with Crippen LogP contribution in [0.2, 0.25) is 5.15 Å². The number of fused-ring (bicyclic) bond motifs is 1. The molecule has 2 N–H and O–H groups in total. The van der Waals surface area contributed by atoms with Gasteiger partial charge in [0.05, 0.1) is 24.7 Å². The first kappa shape index (κ1) is 14.7. The summed E-state index contributed by atoms with van der Waals surface area (Å²) in [5.74, 6) is 0.160. The number of nitrogens with zero attached hydrogens (tertiary/aromatic N) is 5. The summed E-state index contributed by atoms with van der Waals surface area (Å²) in [5, 5.41) is 5.18. The fourth-order valence-corrected chi connectivity index (χ4v) is 2.13. The summed E-state index contributed by atoms with van der Waals surface area (Å²) in [4.78, 5) is 21.7. The quantitative estimate of drug-likeness (QED) is 0.821. The number of halogens is 1. The molecule has 0 aliphatic carbocycles. The van der Waals surface area contributed by atoms with Crippen molar-refractivity contribution in [3.8, 4) is 0 Å². The van der Waals surface area contributed by atoms with E-state index in [2.05, 4.69) is 15.1 Å². The van der Waals surface area contributed by atoms with E-state index in [1.165, 1.54) is 0 Å². The molecule has 0 unspecified atom stereocenters. The van der Waals surface area contributed by atoms with Crippen molar-refractivity contribution in [2.45, 2.75) is 26.4 Å². The molecular formula is C12H17ClN6O. The number of amides is 1. The molecule has 2 aromatic rings. The average molecular weight is 297 g/mol. The molecule has 0 aliphatic rings. The molecule has 0 radical (unpaired) electrons. The first-order chi connectivity index (χ1) is 9.38. The molecule has 20 heavy (non-hydrogen) atoms. The summed E-state index contributed by atoms with van der Waals surface area (Å²) in [6.45, 7) is 4.52. The molecule has 0 saturated carbocycles. The lowest BCUT2D eigenvalue weighted by molar-refractivity contribution is -0.119. The number of aromatic nitrogens is 4. The van der Waals surface area contributed by atoms with E-state index >= 15 is 0 Å². The van der Waals surface area contributed by atoms with Crippen molar-refractivity contribution in [3.63, 3.8) is 0 Å². The molecule has 0 saturated heterocycles. The van der Waals surface area contributed by atoms with Gasteiger partial charge in [0, 0.05) is 13.1 Å². The first-order valence-corrected chi connectivity index (χ1v) is 6.62. The summed E-state index contributed by atoms with van der Waals surface area (Å²) >= 11 is 6.13. The molecule has 2 heterocycles. The molecule has 2 aromatic heterocycles. The van der Waals surface area contributed by atoms with Gasteiger partial charge in [-0.2, -0.15) is 5.10 Å². The van der Waals surface area contributed by atoms with Gasteiger partial charge in [-0.15, -0.1) is 0 Å². The van der Waals surface area contributed by atoms with E-state index in [-0.39, 0.29) is 18.5 Å². The summed E-state index contributed by atoms with van der Waals surface area (Å²) < 4.78 is 1.64. The fraction of sp³-hybridized carbons (Fsp3) is 0.500. The smallest absolute Gasteiger partial charge is 0.231 e. The van der Waals surface area contributed by atoms with E-state index in [0.717, 1.165) is 0 Å². The highest BCUT2D eigenvalue weighted by molar-refractivity contribution is 6.33. The lowest BCUT2D eigenvalue weighted by Gasteiger charge is -2.23. The standard InChI is InChI=1S/C12H17ClN6O/c1-7(2)19(5-9(14)20)6-10-16-11(13)8-4-15-18(3)12(8)17-10/h4,7H,5-6H2,1-3H3,(H2,14,20). The second-order valence-electron chi connectivity index (χ2n) is 4.90. The maximum absolute atomic E-state index is 11.1. The minimum Gasteiger partial charge on any atom is -0.369 e. The van der Waals surface area contributed by atoms with Crippen LogP contribution < -0.4 is 5.73 Å². The lowest BCUT2D eigenvalue weighted by atomic mass is 10.3. The van der Waals surface area contributed by atoms with Crippen LogP contribution in [-0.2, 0) is 18.4 Å². The van der Waals surface area contributed by atoms with Gasteiger partial charge in [-0.05, 0) is 13.8 Å². The van der Waals surface area contributed by atoms with E-state index in [1.54, 1.807) is 17.9 Å². The van der Waals surface area contributed by atoms with Crippen molar-refractivity contribution < 1.29 is 4.79 Å². The molecule has 7 nitrogen and oxygen atoms in total. The Labute approximate surface area is 121 Å². The normalized spacial score (nSPS) is 11.7. The number of carbonyl (C=O) groups is 1. The van der Waals surface area contributed by atoms with Gasteiger partial charge in [0.2, 0.25) is 5.91 Å². The number of carbonyl (C=O) groups excluding carboxylic acids is 1. The molecule has 0 bridgehead atoms. The topological polar surface area (TPSA) is 89.9 Å². The largest absolute Gasteiger partial charge is 0.369 e. The number of primary amides is 1. The van der Waals surface area contributed by atoms with E-state index < -0.39 is 0 Å². The third-order valence-electron chi connectivity index (χ3n) is 3.03. The molecule has 108 valence electrons. The van der Waals surface area contributed by atoms with Gasteiger partial charge in [-0.3, -0.25) is 14.4 Å². The van der Waals surface area contributed by atoms with Crippen molar-refractivity contribution in [2.75, 3.05) is 6.54 Å². The number of hydrogen-bond donors (Lipinski definition) is 1. The Bertz CT molecular complexity index is 638. The monoisotopic (exact) mass is 296 g/mol. The van der Waals surface area contributed by atoms with Crippen molar-refractivity contribution >= 4 is 28.5 Å². The minimum atomic E-state index is -0.383. The zero-order valence-electron chi connectivity index (χ0n) is 11.7. The average Bonchev–Trinajstić information content (AvgIpc) is 2.70. The van der Waals surface area contributed by atoms with Gasteiger partial charge in [-0.1, -0.05) is 11.6 Å². The van der Waals surface area contributed by atoms with E-state index in [9.17, 15) is 4.79 Å². The number of rotatable bonds is 5. The third-order valence-corrected chi connectivity index (χ3v) is 3.31. The van der Waals surface area contributed by atoms with Crippen LogP contribution in [0, 0.1) is 0 Å². The van der Waals surface area contributed by atoms with Crippen molar-refractivity contribution in [3.05, 3.63) is 17.2 Å². The van der Waals surface area contributed by atoms with Crippen LogP contribution in [0.1, 0.15) is 19.7 Å². The molecule has 0 fully saturated rings. The van der Waals surface area contributed by atoms with Gasteiger partial charge in [0.15, 0.2) is 5.65 Å². The van der Waals surface area contributed by atoms with Crippen LogP contribution in [-0.4, -0.2) is 43.1 Å². The van der Waals surface area contributed by atoms with Crippen LogP contribution in [0.5, 0.6) is 0 Å². The molecule has 8 heteroatoms. The Morgan fingerprint density at radius 2 is 2.20 bits per heavy atom. The second kappa shape index (κ2) is 5.72. The van der Waals surface area contributed by atoms with Gasteiger partial charge in [0.1, 0.15) is 11.0 Å². The SMILES string of the molecule is CC(C)N(CC(N)=O)Cc1nc(Cl)c2cnn(C)c2n1. The Kier molecular flexibility index (Phi) is 4.20. The minimum absolute atomic E-state index is 0.145. The van der Waals surface area contributed by atoms with Crippen LogP contribution >= 0.6 is 11.6 Å². The number of hydrogen-bond acceptors (Lipinski definition) is 5. The predicted octanol–water partition coefficient (Wildman–Crippen LogP) is 0.712. The Morgan fingerprint density at radius 1 is 1.50 bits per heavy atom. The van der Waals surface area contributed by atoms with Crippen LogP contribution in [0.4, 0.5) is 0 Å². The zero-order chi connectivity index (χ0) is 14.9. The van der Waals surface area contributed by atoms with E-state index in [1.807, 2.05) is 18.7 Å². The van der Waals surface area contributed by atoms with Gasteiger partial charge in [-0.25, -0.2) is 9.97 Å². The predicted molar refractivity (Wildman–Crippen MR) is 76.1 cm³/mol. The van der Waals surface area contributed by atoms with Crippen LogP contribution in [0.3, 0.4) is 0 Å². The molecule has 0 atom stereocenters. The zero-order valence-corrected chi connectivity index (χ0v) is 12.4. The van der Waals surface area contributed by atoms with Crippen molar-refractivity contribution in [2.24, 2.45) is 12.8 Å². The van der Waals surface area contributed by atoms with Crippen molar-refractivity contribution in [1.29, 1.82) is 0 Å².